The summed E-state index contributed by atoms with van der Waals surface area (Å²) < 4.78 is 0.978. The highest BCUT2D eigenvalue weighted by molar-refractivity contribution is 9.10. The average molecular weight is 273 g/mol. The molecule has 0 aromatic carbocycles. The van der Waals surface area contributed by atoms with E-state index in [0.717, 1.165) is 22.2 Å². The molecule has 0 bridgehead atoms. The van der Waals surface area contributed by atoms with E-state index >= 15 is 0 Å². The van der Waals surface area contributed by atoms with Crippen LogP contribution in [0, 0.1) is 18.8 Å². The third-order valence-corrected chi connectivity index (χ3v) is 4.77. The normalized spacial score (nSPS) is 25.1. The Morgan fingerprint density at radius 3 is 2.86 bits per heavy atom. The van der Waals surface area contributed by atoms with Gasteiger partial charge in [-0.25, -0.2) is 0 Å². The van der Waals surface area contributed by atoms with E-state index in [-0.39, 0.29) is 0 Å². The fourth-order valence-electron chi connectivity index (χ4n) is 1.84. The van der Waals surface area contributed by atoms with Gasteiger partial charge in [-0.1, -0.05) is 13.3 Å². The smallest absolute Gasteiger partial charge is 0.177 e. The number of rotatable bonds is 3. The largest absolute Gasteiger partial charge is 0.293 e. The molecular formula is C11H13BrOS. The summed E-state index contributed by atoms with van der Waals surface area (Å²) in [7, 11) is 0. The summed E-state index contributed by atoms with van der Waals surface area (Å²) in [6.07, 6.45) is 2.23. The molecule has 0 unspecified atom stereocenters. The summed E-state index contributed by atoms with van der Waals surface area (Å²) in [4.78, 5) is 14.1. The summed E-state index contributed by atoms with van der Waals surface area (Å²) in [6, 6.07) is 2.03. The number of Topliss-reactive ketones (excluding diaryl/α,β-unsaturated/α-hetero) is 1. The zero-order valence-corrected chi connectivity index (χ0v) is 10.7. The minimum atomic E-state index is 0.314. The third kappa shape index (κ3) is 1.80. The van der Waals surface area contributed by atoms with E-state index in [9.17, 15) is 4.79 Å². The molecule has 0 spiro atoms. The third-order valence-electron chi connectivity index (χ3n) is 2.82. The summed E-state index contributed by atoms with van der Waals surface area (Å²) in [5.74, 6) is 1.31. The van der Waals surface area contributed by atoms with Gasteiger partial charge in [0.25, 0.3) is 0 Å². The van der Waals surface area contributed by atoms with Crippen molar-refractivity contribution in [2.45, 2.75) is 26.7 Å². The number of aryl methyl sites for hydroxylation is 1. The van der Waals surface area contributed by atoms with Crippen LogP contribution in [0.25, 0.3) is 0 Å². The van der Waals surface area contributed by atoms with Gasteiger partial charge in [0.05, 0.1) is 4.88 Å². The highest BCUT2D eigenvalue weighted by atomic mass is 79.9. The van der Waals surface area contributed by atoms with Crippen LogP contribution in [0.15, 0.2) is 10.5 Å². The fraction of sp³-hybridized carbons (Fsp3) is 0.545. The van der Waals surface area contributed by atoms with Gasteiger partial charge in [-0.15, -0.1) is 11.3 Å². The molecule has 3 heteroatoms. The second kappa shape index (κ2) is 3.78. The summed E-state index contributed by atoms with van der Waals surface area (Å²) >= 11 is 5.05. The minimum Gasteiger partial charge on any atom is -0.293 e. The first-order valence-electron chi connectivity index (χ1n) is 4.93. The van der Waals surface area contributed by atoms with E-state index in [0.29, 0.717) is 17.6 Å². The van der Waals surface area contributed by atoms with E-state index in [1.165, 1.54) is 4.88 Å². The molecule has 1 aliphatic carbocycles. The van der Waals surface area contributed by atoms with Crippen molar-refractivity contribution < 1.29 is 4.79 Å². The molecule has 1 fully saturated rings. The lowest BCUT2D eigenvalue weighted by atomic mass is 10.1. The Hall–Kier alpha value is -0.150. The Morgan fingerprint density at radius 2 is 2.43 bits per heavy atom. The molecule has 1 aromatic heterocycles. The zero-order valence-electron chi connectivity index (χ0n) is 8.34. The SMILES string of the molecule is CC[C@@H]1C[C@H]1C(=O)c1sc(C)cc1Br. The van der Waals surface area contributed by atoms with Crippen LogP contribution in [0.1, 0.15) is 34.3 Å². The molecule has 2 atom stereocenters. The standard InChI is InChI=1S/C11H13BrOS/c1-3-7-5-8(7)10(13)11-9(12)4-6(2)14-11/h4,7-8H,3,5H2,1-2H3/t7-,8-/m1/s1. The zero-order chi connectivity index (χ0) is 10.3. The lowest BCUT2D eigenvalue weighted by molar-refractivity contribution is 0.0964. The van der Waals surface area contributed by atoms with Gasteiger partial charge in [0.1, 0.15) is 0 Å². The van der Waals surface area contributed by atoms with Gasteiger partial charge in [0.2, 0.25) is 0 Å². The predicted molar refractivity (Wildman–Crippen MR) is 63.0 cm³/mol. The Balaban J connectivity index is 2.16. The molecule has 1 heterocycles. The molecule has 2 rings (SSSR count). The van der Waals surface area contributed by atoms with Crippen LogP contribution in [0.3, 0.4) is 0 Å². The van der Waals surface area contributed by atoms with Crippen molar-refractivity contribution in [2.75, 3.05) is 0 Å². The fourth-order valence-corrected chi connectivity index (χ4v) is 3.68. The summed E-state index contributed by atoms with van der Waals surface area (Å²) in [5, 5.41) is 0. The molecule has 0 radical (unpaired) electrons. The van der Waals surface area contributed by atoms with Crippen LogP contribution in [-0.4, -0.2) is 5.78 Å². The molecule has 1 aliphatic rings. The van der Waals surface area contributed by atoms with E-state index < -0.39 is 0 Å². The van der Waals surface area contributed by atoms with Crippen LogP contribution < -0.4 is 0 Å². The maximum Gasteiger partial charge on any atom is 0.177 e. The first-order valence-corrected chi connectivity index (χ1v) is 6.54. The highest BCUT2D eigenvalue weighted by Gasteiger charge is 2.42. The number of hydrogen-bond donors (Lipinski definition) is 0. The Bertz CT molecular complexity index is 369. The lowest BCUT2D eigenvalue weighted by Gasteiger charge is -1.96. The Labute approximate surface area is 96.6 Å². The van der Waals surface area contributed by atoms with Gasteiger partial charge in [-0.2, -0.15) is 0 Å². The van der Waals surface area contributed by atoms with Crippen molar-refractivity contribution in [3.05, 3.63) is 20.3 Å². The maximum atomic E-state index is 12.0. The summed E-state index contributed by atoms with van der Waals surface area (Å²) in [5.41, 5.74) is 0. The quantitative estimate of drug-likeness (QED) is 0.759. The number of hydrogen-bond acceptors (Lipinski definition) is 2. The van der Waals surface area contributed by atoms with Crippen LogP contribution >= 0.6 is 27.3 Å². The van der Waals surface area contributed by atoms with E-state index in [1.807, 2.05) is 13.0 Å². The molecule has 1 saturated carbocycles. The Kier molecular flexibility index (Phi) is 2.80. The first-order chi connectivity index (χ1) is 6.63. The number of halogens is 1. The van der Waals surface area contributed by atoms with Crippen molar-refractivity contribution in [1.29, 1.82) is 0 Å². The van der Waals surface area contributed by atoms with Gasteiger partial charge in [0.15, 0.2) is 5.78 Å². The van der Waals surface area contributed by atoms with Crippen LogP contribution in [-0.2, 0) is 0 Å². The molecule has 0 saturated heterocycles. The molecule has 0 aliphatic heterocycles. The van der Waals surface area contributed by atoms with Gasteiger partial charge in [0, 0.05) is 15.3 Å². The molecular weight excluding hydrogens is 260 g/mol. The monoisotopic (exact) mass is 272 g/mol. The molecule has 1 nitrogen and oxygen atoms in total. The molecule has 1 aromatic rings. The summed E-state index contributed by atoms with van der Waals surface area (Å²) in [6.45, 7) is 4.20. The molecule has 14 heavy (non-hydrogen) atoms. The average Bonchev–Trinajstić information content (AvgIpc) is 2.85. The van der Waals surface area contributed by atoms with Gasteiger partial charge in [-0.05, 0) is 41.3 Å². The van der Waals surface area contributed by atoms with Gasteiger partial charge < -0.3 is 0 Å². The molecule has 0 amide bonds. The minimum absolute atomic E-state index is 0.314. The predicted octanol–water partition coefficient (Wildman–Crippen LogP) is 4.05. The number of carbonyl (C=O) groups excluding carboxylic acids is 1. The number of ketones is 1. The lowest BCUT2D eigenvalue weighted by Crippen LogP contribution is -2.01. The van der Waals surface area contributed by atoms with Crippen molar-refractivity contribution in [1.82, 2.24) is 0 Å². The second-order valence-corrected chi connectivity index (χ2v) is 6.02. The second-order valence-electron chi connectivity index (χ2n) is 3.91. The van der Waals surface area contributed by atoms with Crippen molar-refractivity contribution in [2.24, 2.45) is 11.8 Å². The van der Waals surface area contributed by atoms with E-state index in [2.05, 4.69) is 22.9 Å². The van der Waals surface area contributed by atoms with Crippen LogP contribution in [0.5, 0.6) is 0 Å². The Morgan fingerprint density at radius 1 is 1.71 bits per heavy atom. The molecule has 76 valence electrons. The number of carbonyl (C=O) groups is 1. The van der Waals surface area contributed by atoms with Crippen molar-refractivity contribution >= 4 is 33.0 Å². The number of thiophene rings is 1. The maximum absolute atomic E-state index is 12.0. The van der Waals surface area contributed by atoms with Crippen molar-refractivity contribution in [3.8, 4) is 0 Å². The first kappa shape index (κ1) is 10.4. The highest BCUT2D eigenvalue weighted by Crippen LogP contribution is 2.45. The topological polar surface area (TPSA) is 17.1 Å². The van der Waals surface area contributed by atoms with Gasteiger partial charge in [-0.3, -0.25) is 4.79 Å². The van der Waals surface area contributed by atoms with Crippen molar-refractivity contribution in [3.63, 3.8) is 0 Å². The van der Waals surface area contributed by atoms with Gasteiger partial charge >= 0.3 is 0 Å². The van der Waals surface area contributed by atoms with Crippen LogP contribution in [0.4, 0.5) is 0 Å². The van der Waals surface area contributed by atoms with E-state index in [4.69, 9.17) is 0 Å². The van der Waals surface area contributed by atoms with E-state index in [1.54, 1.807) is 11.3 Å². The molecule has 0 N–H and O–H groups in total. The van der Waals surface area contributed by atoms with Crippen LogP contribution in [0.2, 0.25) is 0 Å².